The zero-order valence-electron chi connectivity index (χ0n) is 11.7. The van der Waals surface area contributed by atoms with Gasteiger partial charge in [-0.15, -0.1) is 0 Å². The summed E-state index contributed by atoms with van der Waals surface area (Å²) in [5.41, 5.74) is 11.9. The molecule has 0 saturated heterocycles. The molecule has 1 unspecified atom stereocenters. The average molecular weight is 309 g/mol. The Morgan fingerprint density at radius 2 is 1.90 bits per heavy atom. The predicted octanol–water partition coefficient (Wildman–Crippen LogP) is 4.74. The van der Waals surface area contributed by atoms with Gasteiger partial charge in [-0.2, -0.15) is 0 Å². The maximum absolute atomic E-state index is 6.43. The number of fused-ring (bicyclic) bond motifs is 1. The van der Waals surface area contributed by atoms with Gasteiger partial charge in [0.15, 0.2) is 0 Å². The molecule has 1 aromatic carbocycles. The Bertz CT molecular complexity index is 674. The number of aryl methyl sites for hydroxylation is 2. The third-order valence-electron chi connectivity index (χ3n) is 4.12. The minimum Gasteiger partial charge on any atom is -0.324 e. The van der Waals surface area contributed by atoms with Crippen LogP contribution < -0.4 is 5.73 Å². The normalized spacial score (nSPS) is 18.1. The lowest BCUT2D eigenvalue weighted by atomic mass is 9.93. The van der Waals surface area contributed by atoms with Gasteiger partial charge < -0.3 is 10.3 Å². The van der Waals surface area contributed by atoms with Crippen molar-refractivity contribution in [1.29, 1.82) is 0 Å². The SMILES string of the molecule is Cc1cc(Cl)c(-n2c(C)cc3c2CCCC3N)cc1Cl. The van der Waals surface area contributed by atoms with Gasteiger partial charge in [-0.25, -0.2) is 0 Å². The molecule has 2 aromatic rings. The number of nitrogens with two attached hydrogens (primary N) is 1. The van der Waals surface area contributed by atoms with Gasteiger partial charge in [0, 0.05) is 22.5 Å². The summed E-state index contributed by atoms with van der Waals surface area (Å²) in [5.74, 6) is 0. The average Bonchev–Trinajstić information content (AvgIpc) is 2.72. The van der Waals surface area contributed by atoms with Gasteiger partial charge in [0.1, 0.15) is 0 Å². The fourth-order valence-corrected chi connectivity index (χ4v) is 3.54. The first-order valence-electron chi connectivity index (χ1n) is 6.91. The van der Waals surface area contributed by atoms with Crippen LogP contribution in [-0.4, -0.2) is 4.57 Å². The summed E-state index contributed by atoms with van der Waals surface area (Å²) in [6.45, 7) is 4.06. The summed E-state index contributed by atoms with van der Waals surface area (Å²) >= 11 is 12.7. The predicted molar refractivity (Wildman–Crippen MR) is 85.1 cm³/mol. The quantitative estimate of drug-likeness (QED) is 0.810. The minimum atomic E-state index is 0.137. The number of nitrogens with zero attached hydrogens (tertiary/aromatic N) is 1. The van der Waals surface area contributed by atoms with Crippen molar-refractivity contribution in [3.8, 4) is 5.69 Å². The largest absolute Gasteiger partial charge is 0.324 e. The number of halogens is 2. The Labute approximate surface area is 129 Å². The van der Waals surface area contributed by atoms with E-state index in [4.69, 9.17) is 28.9 Å². The summed E-state index contributed by atoms with van der Waals surface area (Å²) in [6, 6.07) is 6.20. The van der Waals surface area contributed by atoms with Gasteiger partial charge in [-0.3, -0.25) is 0 Å². The van der Waals surface area contributed by atoms with Crippen LogP contribution >= 0.6 is 23.2 Å². The van der Waals surface area contributed by atoms with Crippen molar-refractivity contribution in [2.75, 3.05) is 0 Å². The second kappa shape index (κ2) is 5.10. The third kappa shape index (κ3) is 2.16. The van der Waals surface area contributed by atoms with Crippen molar-refractivity contribution in [3.63, 3.8) is 0 Å². The Hall–Kier alpha value is -0.960. The van der Waals surface area contributed by atoms with Gasteiger partial charge in [0.25, 0.3) is 0 Å². The van der Waals surface area contributed by atoms with E-state index >= 15 is 0 Å². The maximum atomic E-state index is 6.43. The standard InChI is InChI=1S/C16H18Cl2N2/c1-9-6-13(18)16(8-12(9)17)20-10(2)7-11-14(19)4-3-5-15(11)20/h6-8,14H,3-5,19H2,1-2H3. The highest BCUT2D eigenvalue weighted by molar-refractivity contribution is 6.35. The number of aromatic nitrogens is 1. The van der Waals surface area contributed by atoms with E-state index in [-0.39, 0.29) is 6.04 Å². The molecular weight excluding hydrogens is 291 g/mol. The molecule has 0 radical (unpaired) electrons. The van der Waals surface area contributed by atoms with E-state index in [0.717, 1.165) is 46.3 Å². The summed E-state index contributed by atoms with van der Waals surface area (Å²) in [7, 11) is 0. The van der Waals surface area contributed by atoms with Gasteiger partial charge >= 0.3 is 0 Å². The number of benzene rings is 1. The van der Waals surface area contributed by atoms with Crippen molar-refractivity contribution in [2.45, 2.75) is 39.2 Å². The molecular formula is C16H18Cl2N2. The highest BCUT2D eigenvalue weighted by atomic mass is 35.5. The molecule has 0 spiro atoms. The molecule has 20 heavy (non-hydrogen) atoms. The van der Waals surface area contributed by atoms with Crippen LogP contribution in [0.1, 0.15) is 41.4 Å². The highest BCUT2D eigenvalue weighted by Gasteiger charge is 2.23. The molecule has 1 aliphatic carbocycles. The van der Waals surface area contributed by atoms with Crippen LogP contribution in [0.15, 0.2) is 18.2 Å². The Morgan fingerprint density at radius 1 is 1.15 bits per heavy atom. The van der Waals surface area contributed by atoms with Crippen LogP contribution in [-0.2, 0) is 6.42 Å². The number of hydrogen-bond donors (Lipinski definition) is 1. The van der Waals surface area contributed by atoms with E-state index in [1.807, 2.05) is 19.1 Å². The van der Waals surface area contributed by atoms with Crippen LogP contribution in [0.4, 0.5) is 0 Å². The fraction of sp³-hybridized carbons (Fsp3) is 0.375. The van der Waals surface area contributed by atoms with Crippen molar-refractivity contribution in [2.24, 2.45) is 5.73 Å². The smallest absolute Gasteiger partial charge is 0.0656 e. The zero-order chi connectivity index (χ0) is 14.4. The van der Waals surface area contributed by atoms with Crippen LogP contribution in [0, 0.1) is 13.8 Å². The first kappa shape index (κ1) is 14.0. The van der Waals surface area contributed by atoms with Crippen molar-refractivity contribution >= 4 is 23.2 Å². The molecule has 0 saturated carbocycles. The first-order valence-corrected chi connectivity index (χ1v) is 7.67. The molecule has 3 rings (SSSR count). The van der Waals surface area contributed by atoms with Crippen molar-refractivity contribution in [3.05, 3.63) is 50.8 Å². The minimum absolute atomic E-state index is 0.137. The summed E-state index contributed by atoms with van der Waals surface area (Å²) in [4.78, 5) is 0. The number of hydrogen-bond acceptors (Lipinski definition) is 1. The first-order chi connectivity index (χ1) is 9.49. The van der Waals surface area contributed by atoms with Crippen LogP contribution in [0.25, 0.3) is 5.69 Å². The van der Waals surface area contributed by atoms with Gasteiger partial charge in [0.05, 0.1) is 10.7 Å². The second-order valence-corrected chi connectivity index (χ2v) is 6.39. The molecule has 0 amide bonds. The van der Waals surface area contributed by atoms with E-state index in [1.165, 1.54) is 11.3 Å². The molecule has 1 aliphatic rings. The molecule has 1 atom stereocenters. The van der Waals surface area contributed by atoms with E-state index < -0.39 is 0 Å². The molecule has 1 aromatic heterocycles. The Kier molecular flexibility index (Phi) is 3.57. The molecule has 2 nitrogen and oxygen atoms in total. The van der Waals surface area contributed by atoms with Crippen molar-refractivity contribution < 1.29 is 0 Å². The van der Waals surface area contributed by atoms with E-state index in [2.05, 4.69) is 17.6 Å². The van der Waals surface area contributed by atoms with Crippen LogP contribution in [0.3, 0.4) is 0 Å². The second-order valence-electron chi connectivity index (χ2n) is 5.57. The molecule has 0 aliphatic heterocycles. The monoisotopic (exact) mass is 308 g/mol. The molecule has 2 N–H and O–H groups in total. The molecule has 4 heteroatoms. The van der Waals surface area contributed by atoms with Crippen LogP contribution in [0.2, 0.25) is 10.0 Å². The van der Waals surface area contributed by atoms with Gasteiger partial charge in [-0.1, -0.05) is 23.2 Å². The van der Waals surface area contributed by atoms with E-state index in [1.54, 1.807) is 0 Å². The molecule has 0 bridgehead atoms. The zero-order valence-corrected chi connectivity index (χ0v) is 13.2. The topological polar surface area (TPSA) is 30.9 Å². The maximum Gasteiger partial charge on any atom is 0.0656 e. The molecule has 0 fully saturated rings. The van der Waals surface area contributed by atoms with E-state index in [9.17, 15) is 0 Å². The summed E-state index contributed by atoms with van der Waals surface area (Å²) < 4.78 is 2.21. The molecule has 106 valence electrons. The Balaban J connectivity index is 2.23. The third-order valence-corrected chi connectivity index (χ3v) is 4.83. The summed E-state index contributed by atoms with van der Waals surface area (Å²) in [6.07, 6.45) is 3.21. The Morgan fingerprint density at radius 3 is 2.65 bits per heavy atom. The highest BCUT2D eigenvalue weighted by Crippen LogP contribution is 2.36. The van der Waals surface area contributed by atoms with Crippen LogP contribution in [0.5, 0.6) is 0 Å². The lowest BCUT2D eigenvalue weighted by Gasteiger charge is -2.22. The fourth-order valence-electron chi connectivity index (χ4n) is 3.08. The lowest BCUT2D eigenvalue weighted by molar-refractivity contribution is 0.560. The van der Waals surface area contributed by atoms with Gasteiger partial charge in [-0.05, 0) is 62.4 Å². The van der Waals surface area contributed by atoms with Gasteiger partial charge in [0.2, 0.25) is 0 Å². The van der Waals surface area contributed by atoms with E-state index in [0.29, 0.717) is 0 Å². The summed E-state index contributed by atoms with van der Waals surface area (Å²) in [5, 5.41) is 1.47. The number of rotatable bonds is 1. The lowest BCUT2D eigenvalue weighted by Crippen LogP contribution is -2.18. The van der Waals surface area contributed by atoms with Crippen molar-refractivity contribution in [1.82, 2.24) is 4.57 Å². The molecule has 1 heterocycles.